The summed E-state index contributed by atoms with van der Waals surface area (Å²) in [5.41, 5.74) is 8.34. The van der Waals surface area contributed by atoms with Crippen molar-refractivity contribution in [3.63, 3.8) is 0 Å². The summed E-state index contributed by atoms with van der Waals surface area (Å²) < 4.78 is 1.80. The number of nitrogen functional groups attached to an aromatic ring is 1. The second-order valence-electron chi connectivity index (χ2n) is 4.37. The number of para-hydroxylation sites is 1. The predicted octanol–water partition coefficient (Wildman–Crippen LogP) is 4.37. The van der Waals surface area contributed by atoms with E-state index in [1.54, 1.807) is 0 Å². The third-order valence-corrected chi connectivity index (χ3v) is 4.03. The number of halogens is 2. The van der Waals surface area contributed by atoms with Crippen LogP contribution < -0.4 is 11.1 Å². The summed E-state index contributed by atoms with van der Waals surface area (Å²) in [4.78, 5) is 11.9. The highest BCUT2D eigenvalue weighted by atomic mass is 79.9. The highest BCUT2D eigenvalue weighted by Gasteiger charge is 2.07. The maximum atomic E-state index is 11.9. The van der Waals surface area contributed by atoms with Gasteiger partial charge in [0.05, 0.1) is 5.69 Å². The van der Waals surface area contributed by atoms with Gasteiger partial charge in [0.15, 0.2) is 0 Å². The monoisotopic (exact) mass is 396 g/mol. The number of hydrogen-bond acceptors (Lipinski definition) is 2. The van der Waals surface area contributed by atoms with E-state index in [2.05, 4.69) is 37.2 Å². The molecule has 2 rings (SSSR count). The molecule has 0 saturated carbocycles. The average molecular weight is 398 g/mol. The third-order valence-electron chi connectivity index (χ3n) is 2.88. The van der Waals surface area contributed by atoms with Gasteiger partial charge in [-0.05, 0) is 52.2 Å². The lowest BCUT2D eigenvalue weighted by atomic mass is 10.1. The number of nitrogens with two attached hydrogens (primary N) is 1. The second-order valence-corrected chi connectivity index (χ2v) is 6.14. The normalized spacial score (nSPS) is 10.3. The molecule has 0 aliphatic heterocycles. The van der Waals surface area contributed by atoms with Crippen molar-refractivity contribution in [3.05, 3.63) is 57.0 Å². The standard InChI is InChI=1S/C15H14Br2N2O/c16-11-6-7-14(12(17)9-11)19-15(20)8-5-10-3-1-2-4-13(10)18/h1-4,6-7,9H,5,8,18H2,(H,19,20). The van der Waals surface area contributed by atoms with Crippen LogP contribution in [0.5, 0.6) is 0 Å². The lowest BCUT2D eigenvalue weighted by Gasteiger charge is -2.08. The molecular weight excluding hydrogens is 384 g/mol. The first kappa shape index (κ1) is 15.1. The van der Waals surface area contributed by atoms with Gasteiger partial charge in [0, 0.05) is 21.1 Å². The van der Waals surface area contributed by atoms with Crippen molar-refractivity contribution in [2.75, 3.05) is 11.1 Å². The molecule has 2 aromatic carbocycles. The van der Waals surface area contributed by atoms with Crippen LogP contribution in [0.4, 0.5) is 11.4 Å². The molecule has 0 aliphatic rings. The van der Waals surface area contributed by atoms with Crippen molar-refractivity contribution in [2.24, 2.45) is 0 Å². The highest BCUT2D eigenvalue weighted by Crippen LogP contribution is 2.26. The zero-order valence-corrected chi connectivity index (χ0v) is 13.9. The molecular formula is C15H14Br2N2O. The highest BCUT2D eigenvalue weighted by molar-refractivity contribution is 9.11. The molecule has 0 saturated heterocycles. The number of carbonyl (C=O) groups is 1. The summed E-state index contributed by atoms with van der Waals surface area (Å²) >= 11 is 6.79. The largest absolute Gasteiger partial charge is 0.399 e. The molecule has 0 unspecified atom stereocenters. The van der Waals surface area contributed by atoms with E-state index in [4.69, 9.17) is 5.73 Å². The Morgan fingerprint density at radius 1 is 1.15 bits per heavy atom. The number of rotatable bonds is 4. The van der Waals surface area contributed by atoms with E-state index in [-0.39, 0.29) is 5.91 Å². The zero-order chi connectivity index (χ0) is 14.5. The van der Waals surface area contributed by atoms with E-state index < -0.39 is 0 Å². The zero-order valence-electron chi connectivity index (χ0n) is 10.7. The Kier molecular flexibility index (Phi) is 5.20. The van der Waals surface area contributed by atoms with Crippen LogP contribution in [-0.2, 0) is 11.2 Å². The molecule has 20 heavy (non-hydrogen) atoms. The Morgan fingerprint density at radius 3 is 2.60 bits per heavy atom. The number of aryl methyl sites for hydroxylation is 1. The molecule has 0 radical (unpaired) electrons. The van der Waals surface area contributed by atoms with Gasteiger partial charge >= 0.3 is 0 Å². The maximum absolute atomic E-state index is 11.9. The molecule has 3 N–H and O–H groups in total. The number of nitrogens with one attached hydrogen (secondary N) is 1. The molecule has 0 bridgehead atoms. The van der Waals surface area contributed by atoms with Gasteiger partial charge in [-0.3, -0.25) is 4.79 Å². The molecule has 104 valence electrons. The molecule has 2 aromatic rings. The lowest BCUT2D eigenvalue weighted by Crippen LogP contribution is -2.13. The van der Waals surface area contributed by atoms with Crippen molar-refractivity contribution >= 4 is 49.1 Å². The van der Waals surface area contributed by atoms with E-state index in [1.165, 1.54) is 0 Å². The Bertz CT molecular complexity index is 629. The van der Waals surface area contributed by atoms with Crippen molar-refractivity contribution in [3.8, 4) is 0 Å². The maximum Gasteiger partial charge on any atom is 0.224 e. The van der Waals surface area contributed by atoms with Gasteiger partial charge in [0.2, 0.25) is 5.91 Å². The van der Waals surface area contributed by atoms with Crippen LogP contribution in [0.25, 0.3) is 0 Å². The van der Waals surface area contributed by atoms with Gasteiger partial charge < -0.3 is 11.1 Å². The molecule has 3 nitrogen and oxygen atoms in total. The second kappa shape index (κ2) is 6.90. The molecule has 0 heterocycles. The fraction of sp³-hybridized carbons (Fsp3) is 0.133. The first-order valence-electron chi connectivity index (χ1n) is 6.14. The fourth-order valence-electron chi connectivity index (χ4n) is 1.81. The van der Waals surface area contributed by atoms with Gasteiger partial charge in [-0.2, -0.15) is 0 Å². The smallest absolute Gasteiger partial charge is 0.224 e. The first-order chi connectivity index (χ1) is 9.56. The van der Waals surface area contributed by atoms with Crippen LogP contribution in [0.2, 0.25) is 0 Å². The van der Waals surface area contributed by atoms with E-state index in [9.17, 15) is 4.79 Å². The number of anilines is 2. The van der Waals surface area contributed by atoms with Gasteiger partial charge in [-0.1, -0.05) is 34.1 Å². The minimum atomic E-state index is -0.0312. The van der Waals surface area contributed by atoms with E-state index >= 15 is 0 Å². The molecule has 0 aromatic heterocycles. The number of benzene rings is 2. The van der Waals surface area contributed by atoms with E-state index in [1.807, 2.05) is 42.5 Å². The minimum Gasteiger partial charge on any atom is -0.399 e. The number of hydrogen-bond donors (Lipinski definition) is 2. The summed E-state index contributed by atoms with van der Waals surface area (Å²) in [6, 6.07) is 13.2. The lowest BCUT2D eigenvalue weighted by molar-refractivity contribution is -0.116. The first-order valence-corrected chi connectivity index (χ1v) is 7.73. The van der Waals surface area contributed by atoms with Gasteiger partial charge in [0.1, 0.15) is 0 Å². The predicted molar refractivity (Wildman–Crippen MR) is 89.6 cm³/mol. The van der Waals surface area contributed by atoms with Crippen LogP contribution in [0, 0.1) is 0 Å². The van der Waals surface area contributed by atoms with Crippen molar-refractivity contribution < 1.29 is 4.79 Å². The summed E-state index contributed by atoms with van der Waals surface area (Å²) in [5, 5.41) is 2.88. The minimum absolute atomic E-state index is 0.0312. The Morgan fingerprint density at radius 2 is 1.90 bits per heavy atom. The molecule has 1 amide bonds. The Labute approximate surface area is 134 Å². The Balaban J connectivity index is 1.94. The van der Waals surface area contributed by atoms with Crippen LogP contribution in [0.3, 0.4) is 0 Å². The fourth-order valence-corrected chi connectivity index (χ4v) is 2.96. The van der Waals surface area contributed by atoms with Crippen LogP contribution in [0.1, 0.15) is 12.0 Å². The molecule has 0 spiro atoms. The summed E-state index contributed by atoms with van der Waals surface area (Å²) in [5.74, 6) is -0.0312. The molecule has 0 aliphatic carbocycles. The quantitative estimate of drug-likeness (QED) is 0.752. The number of amides is 1. The van der Waals surface area contributed by atoms with E-state index in [0.717, 1.165) is 25.9 Å². The van der Waals surface area contributed by atoms with Gasteiger partial charge in [-0.25, -0.2) is 0 Å². The van der Waals surface area contributed by atoms with Crippen LogP contribution in [-0.4, -0.2) is 5.91 Å². The molecule has 0 fully saturated rings. The summed E-state index contributed by atoms with van der Waals surface area (Å²) in [6.45, 7) is 0. The summed E-state index contributed by atoms with van der Waals surface area (Å²) in [7, 11) is 0. The van der Waals surface area contributed by atoms with Gasteiger partial charge in [-0.15, -0.1) is 0 Å². The topological polar surface area (TPSA) is 55.1 Å². The van der Waals surface area contributed by atoms with Crippen molar-refractivity contribution in [2.45, 2.75) is 12.8 Å². The molecule has 5 heteroatoms. The van der Waals surface area contributed by atoms with Crippen molar-refractivity contribution in [1.82, 2.24) is 0 Å². The summed E-state index contributed by atoms with van der Waals surface area (Å²) in [6.07, 6.45) is 1.03. The number of carbonyl (C=O) groups excluding carboxylic acids is 1. The average Bonchev–Trinajstić information content (AvgIpc) is 2.41. The van der Waals surface area contributed by atoms with E-state index in [0.29, 0.717) is 12.8 Å². The van der Waals surface area contributed by atoms with Crippen LogP contribution in [0.15, 0.2) is 51.4 Å². The SMILES string of the molecule is Nc1ccccc1CCC(=O)Nc1ccc(Br)cc1Br. The molecule has 0 atom stereocenters. The van der Waals surface area contributed by atoms with Crippen molar-refractivity contribution in [1.29, 1.82) is 0 Å². The van der Waals surface area contributed by atoms with Crippen LogP contribution >= 0.6 is 31.9 Å². The third kappa shape index (κ3) is 4.08. The Hall–Kier alpha value is -1.33. The van der Waals surface area contributed by atoms with Gasteiger partial charge in [0.25, 0.3) is 0 Å².